The molecule has 4 aromatic rings. The molecule has 2 N–H and O–H groups in total. The number of hydrogen-bond acceptors (Lipinski definition) is 4. The third kappa shape index (κ3) is 2.16. The molecule has 2 bridgehead atoms. The van der Waals surface area contributed by atoms with Crippen LogP contribution < -0.4 is 16.2 Å². The van der Waals surface area contributed by atoms with Crippen molar-refractivity contribution in [2.45, 2.75) is 29.8 Å². The summed E-state index contributed by atoms with van der Waals surface area (Å²) >= 11 is 0. The fourth-order valence-corrected chi connectivity index (χ4v) is 6.27. The van der Waals surface area contributed by atoms with Crippen LogP contribution in [0.5, 0.6) is 0 Å². The van der Waals surface area contributed by atoms with E-state index < -0.39 is 17.0 Å². The van der Waals surface area contributed by atoms with Crippen molar-refractivity contribution in [3.05, 3.63) is 106 Å². The number of benzene rings is 3. The fraction of sp³-hybridized carbons (Fsp3) is 0.185. The molecule has 166 valence electrons. The number of para-hydroxylation sites is 2. The molecule has 3 atom stereocenters. The van der Waals surface area contributed by atoms with E-state index in [9.17, 15) is 14.4 Å². The van der Waals surface area contributed by atoms with Crippen LogP contribution in [0, 0.1) is 0 Å². The van der Waals surface area contributed by atoms with Gasteiger partial charge in [-0.25, -0.2) is 4.98 Å². The predicted molar refractivity (Wildman–Crippen MR) is 126 cm³/mol. The molecule has 7 heteroatoms. The van der Waals surface area contributed by atoms with Gasteiger partial charge in [-0.15, -0.1) is 0 Å². The molecule has 7 nitrogen and oxygen atoms in total. The maximum absolute atomic E-state index is 13.9. The Balaban J connectivity index is 1.62. The minimum atomic E-state index is -1.24. The highest BCUT2D eigenvalue weighted by Crippen LogP contribution is 2.59. The van der Waals surface area contributed by atoms with Gasteiger partial charge >= 0.3 is 0 Å². The van der Waals surface area contributed by atoms with Crippen molar-refractivity contribution in [2.75, 3.05) is 5.32 Å². The van der Waals surface area contributed by atoms with E-state index in [1.807, 2.05) is 60.7 Å². The Labute approximate surface area is 194 Å². The van der Waals surface area contributed by atoms with Gasteiger partial charge in [-0.05, 0) is 35.7 Å². The van der Waals surface area contributed by atoms with E-state index in [1.165, 1.54) is 4.57 Å². The number of nitrogens with one attached hydrogen (secondary N) is 2. The molecule has 1 saturated heterocycles. The van der Waals surface area contributed by atoms with E-state index >= 15 is 0 Å². The normalized spacial score (nSPS) is 26.3. The number of rotatable bonds is 2. The summed E-state index contributed by atoms with van der Waals surface area (Å²) in [4.78, 5) is 45.9. The lowest BCUT2D eigenvalue weighted by Crippen LogP contribution is -2.74. The molecule has 1 aromatic heterocycles. The van der Waals surface area contributed by atoms with Crippen LogP contribution in [0.15, 0.2) is 83.7 Å². The van der Waals surface area contributed by atoms with Crippen LogP contribution in [0.4, 0.5) is 5.69 Å². The van der Waals surface area contributed by atoms with E-state index in [2.05, 4.69) is 10.6 Å². The molecular formula is C27H20N4O3. The highest BCUT2D eigenvalue weighted by Gasteiger charge is 2.71. The van der Waals surface area contributed by atoms with Crippen LogP contribution in [-0.2, 0) is 27.0 Å². The van der Waals surface area contributed by atoms with Gasteiger partial charge in [0.15, 0.2) is 0 Å². The Kier molecular flexibility index (Phi) is 3.63. The van der Waals surface area contributed by atoms with E-state index in [-0.39, 0.29) is 23.8 Å². The van der Waals surface area contributed by atoms with Gasteiger partial charge in [-0.2, -0.15) is 0 Å². The molecule has 4 aliphatic heterocycles. The number of fused-ring (bicyclic) bond motifs is 3. The van der Waals surface area contributed by atoms with Gasteiger partial charge in [0.25, 0.3) is 5.56 Å². The Bertz CT molecular complexity index is 1590. The number of hydrogen-bond donors (Lipinski definition) is 2. The zero-order valence-corrected chi connectivity index (χ0v) is 18.1. The van der Waals surface area contributed by atoms with Crippen molar-refractivity contribution < 1.29 is 9.59 Å². The summed E-state index contributed by atoms with van der Waals surface area (Å²) < 4.78 is 1.53. The second-order valence-electron chi connectivity index (χ2n) is 9.31. The van der Waals surface area contributed by atoms with Gasteiger partial charge in [-0.3, -0.25) is 19.0 Å². The van der Waals surface area contributed by atoms with Gasteiger partial charge < -0.3 is 10.6 Å². The standard InChI is InChI=1S/C27H20N4O3/c32-22-21-15-26(18-11-5-7-13-20(18)29-25(26)34)27(30-22,14-16-8-2-1-3-9-16)24-28-19-12-6-4-10-17(19)23(33)31(21)24/h1-13,21H,14-15H2,(H,29,34)(H,30,32)/t21-,26+,27-/m0/s1. The first-order chi connectivity index (χ1) is 16.5. The lowest BCUT2D eigenvalue weighted by atomic mass is 9.55. The first-order valence-electron chi connectivity index (χ1n) is 11.3. The minimum absolute atomic E-state index is 0.178. The molecule has 0 radical (unpaired) electrons. The molecular weight excluding hydrogens is 428 g/mol. The average molecular weight is 448 g/mol. The summed E-state index contributed by atoms with van der Waals surface area (Å²) in [5, 5.41) is 6.72. The summed E-state index contributed by atoms with van der Waals surface area (Å²) in [5.41, 5.74) is 0.467. The predicted octanol–water partition coefficient (Wildman–Crippen LogP) is 2.80. The molecule has 5 heterocycles. The Hall–Kier alpha value is -4.26. The van der Waals surface area contributed by atoms with Gasteiger partial charge in [-0.1, -0.05) is 60.7 Å². The van der Waals surface area contributed by atoms with Crippen LogP contribution in [0.25, 0.3) is 10.9 Å². The molecule has 3 aromatic carbocycles. The largest absolute Gasteiger partial charge is 0.340 e. The third-order valence-electron chi connectivity index (χ3n) is 7.70. The highest BCUT2D eigenvalue weighted by molar-refractivity contribution is 6.09. The van der Waals surface area contributed by atoms with Gasteiger partial charge in [0.05, 0.1) is 10.9 Å². The van der Waals surface area contributed by atoms with E-state index in [4.69, 9.17) is 4.98 Å². The molecule has 0 unspecified atom stereocenters. The molecule has 0 saturated carbocycles. The first kappa shape index (κ1) is 19.2. The number of aromatic nitrogens is 2. The molecule has 34 heavy (non-hydrogen) atoms. The summed E-state index contributed by atoms with van der Waals surface area (Å²) in [7, 11) is 0. The molecule has 1 fully saturated rings. The Morgan fingerprint density at radius 1 is 0.912 bits per heavy atom. The quantitative estimate of drug-likeness (QED) is 0.493. The maximum atomic E-state index is 13.9. The fourth-order valence-electron chi connectivity index (χ4n) is 6.27. The molecule has 4 aliphatic rings. The van der Waals surface area contributed by atoms with Gasteiger partial charge in [0.2, 0.25) is 11.8 Å². The van der Waals surface area contributed by atoms with Crippen LogP contribution in [0.1, 0.15) is 29.4 Å². The first-order valence-corrected chi connectivity index (χ1v) is 11.3. The van der Waals surface area contributed by atoms with Crippen LogP contribution in [0.3, 0.4) is 0 Å². The molecule has 1 spiro atoms. The molecule has 0 aliphatic carbocycles. The van der Waals surface area contributed by atoms with Crippen LogP contribution in [0.2, 0.25) is 0 Å². The number of nitrogens with zero attached hydrogens (tertiary/aromatic N) is 2. The monoisotopic (exact) mass is 448 g/mol. The second-order valence-corrected chi connectivity index (χ2v) is 9.31. The molecule has 2 amide bonds. The van der Waals surface area contributed by atoms with E-state index in [0.29, 0.717) is 23.1 Å². The smallest absolute Gasteiger partial charge is 0.262 e. The topological polar surface area (TPSA) is 93.1 Å². The van der Waals surface area contributed by atoms with Crippen LogP contribution in [-0.4, -0.2) is 21.4 Å². The maximum Gasteiger partial charge on any atom is 0.262 e. The Morgan fingerprint density at radius 3 is 2.50 bits per heavy atom. The van der Waals surface area contributed by atoms with Crippen molar-refractivity contribution in [3.63, 3.8) is 0 Å². The molecule has 8 rings (SSSR count). The van der Waals surface area contributed by atoms with Crippen molar-refractivity contribution >= 4 is 28.4 Å². The highest BCUT2D eigenvalue weighted by atomic mass is 16.2. The lowest BCUT2D eigenvalue weighted by Gasteiger charge is -2.57. The summed E-state index contributed by atoms with van der Waals surface area (Å²) in [6.45, 7) is 0. The van der Waals surface area contributed by atoms with Crippen molar-refractivity contribution in [2.24, 2.45) is 0 Å². The summed E-state index contributed by atoms with van der Waals surface area (Å²) in [6, 6.07) is 23.7. The lowest BCUT2D eigenvalue weighted by molar-refractivity contribution is -0.143. The Morgan fingerprint density at radius 2 is 1.65 bits per heavy atom. The van der Waals surface area contributed by atoms with Crippen molar-refractivity contribution in [3.8, 4) is 0 Å². The summed E-state index contributed by atoms with van der Waals surface area (Å²) in [5.74, 6) is -0.00327. The SMILES string of the molecule is O=C1N[C@@]2(Cc3ccccc3)c3nc4ccccc4c(=O)n3[C@H]1C[C@@]21C(=O)Nc2ccccc21. The van der Waals surface area contributed by atoms with Crippen molar-refractivity contribution in [1.29, 1.82) is 0 Å². The number of anilines is 1. The van der Waals surface area contributed by atoms with E-state index in [1.54, 1.807) is 18.2 Å². The van der Waals surface area contributed by atoms with Gasteiger partial charge in [0.1, 0.15) is 22.8 Å². The zero-order valence-electron chi connectivity index (χ0n) is 18.1. The minimum Gasteiger partial charge on any atom is -0.340 e. The number of piperidine rings is 1. The second kappa shape index (κ2) is 6.41. The number of carbonyl (C=O) groups excluding carboxylic acids is 2. The number of amides is 2. The number of carbonyl (C=O) groups is 2. The van der Waals surface area contributed by atoms with Crippen molar-refractivity contribution in [1.82, 2.24) is 14.9 Å². The third-order valence-corrected chi connectivity index (χ3v) is 7.70. The van der Waals surface area contributed by atoms with Gasteiger partial charge in [0, 0.05) is 12.1 Å². The zero-order chi connectivity index (χ0) is 23.1. The average Bonchev–Trinajstić information content (AvgIpc) is 3.13. The van der Waals surface area contributed by atoms with Crippen LogP contribution >= 0.6 is 0 Å². The summed E-state index contributed by atoms with van der Waals surface area (Å²) in [6.07, 6.45) is 0.514. The van der Waals surface area contributed by atoms with E-state index in [0.717, 1.165) is 16.8 Å².